The summed E-state index contributed by atoms with van der Waals surface area (Å²) < 4.78 is 53.5. The number of carboxylic acid groups (broad SMARTS) is 1. The standard InChI is InChI=1S/C15H16N2O6S3/c18-15(19)11-8-14(24-10-11)25(20,21)16-12-4-3-5-13(9-12)26(22,23)17-6-1-2-7-17/h3-5,8-10,16H,1-2,6-7H2,(H,18,19). The Morgan fingerprint density at radius 3 is 2.42 bits per heavy atom. The van der Waals surface area contributed by atoms with Crippen molar-refractivity contribution in [3.05, 3.63) is 41.3 Å². The lowest BCUT2D eigenvalue weighted by Crippen LogP contribution is -2.27. The number of nitrogens with one attached hydrogen (secondary N) is 1. The maximum absolute atomic E-state index is 12.6. The van der Waals surface area contributed by atoms with Gasteiger partial charge in [-0.3, -0.25) is 4.72 Å². The molecule has 1 aromatic heterocycles. The van der Waals surface area contributed by atoms with E-state index in [9.17, 15) is 21.6 Å². The Balaban J connectivity index is 1.87. The Kier molecular flexibility index (Phi) is 5.06. The summed E-state index contributed by atoms with van der Waals surface area (Å²) in [5.74, 6) is -1.22. The zero-order valence-corrected chi connectivity index (χ0v) is 15.9. The zero-order chi connectivity index (χ0) is 18.9. The third-order valence-electron chi connectivity index (χ3n) is 3.88. The van der Waals surface area contributed by atoms with Crippen molar-refractivity contribution in [1.82, 2.24) is 4.31 Å². The fraction of sp³-hybridized carbons (Fsp3) is 0.267. The molecule has 1 aliphatic rings. The van der Waals surface area contributed by atoms with Crippen molar-refractivity contribution in [3.8, 4) is 0 Å². The number of sulfonamides is 2. The number of anilines is 1. The van der Waals surface area contributed by atoms with Gasteiger partial charge in [0.05, 0.1) is 16.1 Å². The van der Waals surface area contributed by atoms with Crippen LogP contribution in [0.2, 0.25) is 0 Å². The highest BCUT2D eigenvalue weighted by Crippen LogP contribution is 2.26. The van der Waals surface area contributed by atoms with Crippen LogP contribution in [0.15, 0.2) is 44.8 Å². The quantitative estimate of drug-likeness (QED) is 0.743. The highest BCUT2D eigenvalue weighted by atomic mass is 32.2. The summed E-state index contributed by atoms with van der Waals surface area (Å²) in [5, 5.41) is 10.1. The topological polar surface area (TPSA) is 121 Å². The number of carbonyl (C=O) groups is 1. The molecule has 0 bridgehead atoms. The van der Waals surface area contributed by atoms with Crippen LogP contribution in [-0.2, 0) is 20.0 Å². The minimum Gasteiger partial charge on any atom is -0.478 e. The molecule has 0 atom stereocenters. The van der Waals surface area contributed by atoms with Crippen LogP contribution in [0, 0.1) is 0 Å². The lowest BCUT2D eigenvalue weighted by Gasteiger charge is -2.16. The predicted molar refractivity (Wildman–Crippen MR) is 96.5 cm³/mol. The van der Waals surface area contributed by atoms with E-state index in [1.54, 1.807) is 0 Å². The number of benzene rings is 1. The molecular formula is C15H16N2O6S3. The summed E-state index contributed by atoms with van der Waals surface area (Å²) in [4.78, 5) is 10.9. The SMILES string of the molecule is O=C(O)c1csc(S(=O)(=O)Nc2cccc(S(=O)(=O)N3CCCC3)c2)c1. The Hall–Kier alpha value is -1.95. The molecule has 140 valence electrons. The molecule has 0 saturated carbocycles. The van der Waals surface area contributed by atoms with Crippen LogP contribution in [-0.4, -0.2) is 45.3 Å². The zero-order valence-electron chi connectivity index (χ0n) is 13.5. The van der Waals surface area contributed by atoms with Crippen LogP contribution in [0.4, 0.5) is 5.69 Å². The van der Waals surface area contributed by atoms with Gasteiger partial charge in [-0.1, -0.05) is 6.07 Å². The lowest BCUT2D eigenvalue weighted by atomic mass is 10.3. The van der Waals surface area contributed by atoms with Crippen LogP contribution in [0.3, 0.4) is 0 Å². The molecule has 0 aliphatic carbocycles. The molecule has 2 heterocycles. The third-order valence-corrected chi connectivity index (χ3v) is 8.59. The van der Waals surface area contributed by atoms with E-state index in [0.29, 0.717) is 13.1 Å². The molecule has 0 unspecified atom stereocenters. The van der Waals surface area contributed by atoms with E-state index >= 15 is 0 Å². The molecule has 8 nitrogen and oxygen atoms in total. The maximum Gasteiger partial charge on any atom is 0.336 e. The fourth-order valence-corrected chi connectivity index (χ4v) is 6.34. The van der Waals surface area contributed by atoms with Crippen molar-refractivity contribution in [2.45, 2.75) is 21.9 Å². The highest BCUT2D eigenvalue weighted by molar-refractivity contribution is 7.94. The third kappa shape index (κ3) is 3.75. The van der Waals surface area contributed by atoms with E-state index in [2.05, 4.69) is 4.72 Å². The van der Waals surface area contributed by atoms with Gasteiger partial charge in [-0.05, 0) is 37.1 Å². The van der Waals surface area contributed by atoms with Crippen molar-refractivity contribution < 1.29 is 26.7 Å². The first kappa shape index (κ1) is 18.8. The Morgan fingerprint density at radius 1 is 1.12 bits per heavy atom. The van der Waals surface area contributed by atoms with Crippen LogP contribution in [0.1, 0.15) is 23.2 Å². The van der Waals surface area contributed by atoms with Crippen molar-refractivity contribution in [1.29, 1.82) is 0 Å². The Labute approximate surface area is 155 Å². The van der Waals surface area contributed by atoms with Gasteiger partial charge >= 0.3 is 5.97 Å². The van der Waals surface area contributed by atoms with Gasteiger partial charge in [0.15, 0.2) is 0 Å². The second-order valence-corrected chi connectivity index (χ2v) is 10.5. The Bertz CT molecular complexity index is 1040. The van der Waals surface area contributed by atoms with Crippen molar-refractivity contribution in [2.75, 3.05) is 17.8 Å². The number of aromatic carboxylic acids is 1. The van der Waals surface area contributed by atoms with Gasteiger partial charge in [0.1, 0.15) is 4.21 Å². The smallest absolute Gasteiger partial charge is 0.336 e. The van der Waals surface area contributed by atoms with Gasteiger partial charge in [-0.25, -0.2) is 21.6 Å². The number of thiophene rings is 1. The summed E-state index contributed by atoms with van der Waals surface area (Å²) in [6.07, 6.45) is 1.60. The van der Waals surface area contributed by atoms with E-state index < -0.39 is 26.0 Å². The van der Waals surface area contributed by atoms with E-state index in [1.165, 1.54) is 34.0 Å². The van der Waals surface area contributed by atoms with Gasteiger partial charge in [-0.15, -0.1) is 11.3 Å². The van der Waals surface area contributed by atoms with Gasteiger partial charge in [-0.2, -0.15) is 4.31 Å². The summed E-state index contributed by atoms with van der Waals surface area (Å²) >= 11 is 0.776. The van der Waals surface area contributed by atoms with Crippen molar-refractivity contribution in [3.63, 3.8) is 0 Å². The van der Waals surface area contributed by atoms with Crippen molar-refractivity contribution >= 4 is 43.0 Å². The number of nitrogens with zero attached hydrogens (tertiary/aromatic N) is 1. The molecule has 11 heteroatoms. The molecule has 26 heavy (non-hydrogen) atoms. The summed E-state index contributed by atoms with van der Waals surface area (Å²) in [6.45, 7) is 0.900. The minimum atomic E-state index is -4.01. The molecule has 1 aromatic carbocycles. The maximum atomic E-state index is 12.6. The molecule has 0 spiro atoms. The van der Waals surface area contributed by atoms with Gasteiger partial charge in [0.2, 0.25) is 10.0 Å². The van der Waals surface area contributed by atoms with E-state index in [-0.39, 0.29) is 20.4 Å². The first-order chi connectivity index (χ1) is 12.2. The van der Waals surface area contributed by atoms with E-state index in [0.717, 1.165) is 30.2 Å². The summed E-state index contributed by atoms with van der Waals surface area (Å²) in [6, 6.07) is 6.63. The molecule has 0 amide bonds. The molecule has 0 radical (unpaired) electrons. The van der Waals surface area contributed by atoms with E-state index in [1.807, 2.05) is 0 Å². The molecule has 3 rings (SSSR count). The number of carboxylic acids is 1. The lowest BCUT2D eigenvalue weighted by molar-refractivity contribution is 0.0697. The second-order valence-electron chi connectivity index (χ2n) is 5.70. The van der Waals surface area contributed by atoms with Gasteiger partial charge in [0.25, 0.3) is 10.0 Å². The fourth-order valence-electron chi connectivity index (χ4n) is 2.57. The number of hydrogen-bond acceptors (Lipinski definition) is 6. The molecule has 1 saturated heterocycles. The molecule has 2 N–H and O–H groups in total. The molecule has 1 aliphatic heterocycles. The second kappa shape index (κ2) is 6.99. The molecule has 2 aromatic rings. The van der Waals surface area contributed by atoms with Crippen LogP contribution >= 0.6 is 11.3 Å². The first-order valence-electron chi connectivity index (χ1n) is 7.65. The largest absolute Gasteiger partial charge is 0.478 e. The normalized spacial score (nSPS) is 15.8. The van der Waals surface area contributed by atoms with Gasteiger partial charge in [0, 0.05) is 18.5 Å². The molecular weight excluding hydrogens is 400 g/mol. The van der Waals surface area contributed by atoms with Gasteiger partial charge < -0.3 is 5.11 Å². The Morgan fingerprint density at radius 2 is 1.81 bits per heavy atom. The van der Waals surface area contributed by atoms with Crippen molar-refractivity contribution in [2.24, 2.45) is 0 Å². The van der Waals surface area contributed by atoms with E-state index in [4.69, 9.17) is 5.11 Å². The number of rotatable bonds is 6. The highest BCUT2D eigenvalue weighted by Gasteiger charge is 2.27. The average Bonchev–Trinajstić information content (AvgIpc) is 3.27. The minimum absolute atomic E-state index is 0.0111. The van der Waals surface area contributed by atoms with Crippen LogP contribution in [0.25, 0.3) is 0 Å². The summed E-state index contributed by atoms with van der Waals surface area (Å²) in [5.41, 5.74) is -0.0312. The first-order valence-corrected chi connectivity index (χ1v) is 11.5. The predicted octanol–water partition coefficient (Wildman–Crippen LogP) is 2.03. The monoisotopic (exact) mass is 416 g/mol. The van der Waals surface area contributed by atoms with Crippen LogP contribution in [0.5, 0.6) is 0 Å². The average molecular weight is 417 g/mol. The number of hydrogen-bond donors (Lipinski definition) is 2. The van der Waals surface area contributed by atoms with Crippen LogP contribution < -0.4 is 4.72 Å². The molecule has 1 fully saturated rings. The summed E-state index contributed by atoms with van der Waals surface area (Å²) in [7, 11) is -7.68.